The number of piperidine rings is 1. The Hall–Kier alpha value is -2.59. The van der Waals surface area contributed by atoms with Crippen molar-refractivity contribution in [2.24, 2.45) is 0 Å². The monoisotopic (exact) mass is 366 g/mol. The third-order valence-electron chi connectivity index (χ3n) is 4.66. The Balaban J connectivity index is 1.38. The number of fused-ring (bicyclic) bond motifs is 1. The van der Waals surface area contributed by atoms with Crippen LogP contribution in [0.2, 0.25) is 5.02 Å². The van der Waals surface area contributed by atoms with Crippen LogP contribution in [0.15, 0.2) is 60.7 Å². The van der Waals surface area contributed by atoms with Crippen LogP contribution < -0.4 is 4.74 Å². The Labute approximate surface area is 157 Å². The molecule has 0 spiro atoms. The third-order valence-corrected chi connectivity index (χ3v) is 4.92. The van der Waals surface area contributed by atoms with Gasteiger partial charge in [0.05, 0.1) is 5.52 Å². The van der Waals surface area contributed by atoms with Gasteiger partial charge in [-0.05, 0) is 36.4 Å². The predicted octanol–water partition coefficient (Wildman–Crippen LogP) is 4.57. The number of amides is 1. The first-order valence-electron chi connectivity index (χ1n) is 8.76. The van der Waals surface area contributed by atoms with Gasteiger partial charge >= 0.3 is 0 Å². The molecule has 0 bridgehead atoms. The van der Waals surface area contributed by atoms with E-state index in [2.05, 4.69) is 4.98 Å². The van der Waals surface area contributed by atoms with Crippen molar-refractivity contribution >= 4 is 28.4 Å². The molecular weight excluding hydrogens is 348 g/mol. The van der Waals surface area contributed by atoms with E-state index in [-0.39, 0.29) is 12.0 Å². The number of carbonyl (C=O) groups is 1. The molecule has 0 unspecified atom stereocenters. The standard InChI is InChI=1S/C21H19ClN2O2/c22-16-6-8-17(9-7-16)26-18-11-13-24(14-12-18)21(25)20-10-5-15-3-1-2-4-19(15)23-20/h1-10,18H,11-14H2. The largest absolute Gasteiger partial charge is 0.490 e. The van der Waals surface area contributed by atoms with Crippen molar-refractivity contribution in [3.63, 3.8) is 0 Å². The zero-order valence-corrected chi connectivity index (χ0v) is 15.0. The van der Waals surface area contributed by atoms with Crippen molar-refractivity contribution in [2.45, 2.75) is 18.9 Å². The minimum Gasteiger partial charge on any atom is -0.490 e. The molecule has 0 N–H and O–H groups in total. The fourth-order valence-corrected chi connectivity index (χ4v) is 3.36. The average molecular weight is 367 g/mol. The van der Waals surface area contributed by atoms with Crippen molar-refractivity contribution in [2.75, 3.05) is 13.1 Å². The Morgan fingerprint density at radius 3 is 2.50 bits per heavy atom. The van der Waals surface area contributed by atoms with Crippen LogP contribution in [0.4, 0.5) is 0 Å². The zero-order valence-electron chi connectivity index (χ0n) is 14.3. The van der Waals surface area contributed by atoms with E-state index < -0.39 is 0 Å². The smallest absolute Gasteiger partial charge is 0.272 e. The molecule has 0 aliphatic carbocycles. The van der Waals surface area contributed by atoms with Crippen LogP contribution in [0.5, 0.6) is 5.75 Å². The highest BCUT2D eigenvalue weighted by Gasteiger charge is 2.25. The highest BCUT2D eigenvalue weighted by molar-refractivity contribution is 6.30. The Morgan fingerprint density at radius 2 is 1.73 bits per heavy atom. The number of hydrogen-bond donors (Lipinski definition) is 0. The average Bonchev–Trinajstić information content (AvgIpc) is 2.69. The minimum atomic E-state index is -0.0132. The van der Waals surface area contributed by atoms with Crippen molar-refractivity contribution in [3.8, 4) is 5.75 Å². The normalized spacial score (nSPS) is 15.2. The lowest BCUT2D eigenvalue weighted by Gasteiger charge is -2.32. The molecule has 1 aromatic heterocycles. The first-order chi connectivity index (χ1) is 12.7. The summed E-state index contributed by atoms with van der Waals surface area (Å²) in [5.74, 6) is 0.802. The number of nitrogens with zero attached hydrogens (tertiary/aromatic N) is 2. The van der Waals surface area contributed by atoms with E-state index in [9.17, 15) is 4.79 Å². The number of rotatable bonds is 3. The molecule has 1 fully saturated rings. The minimum absolute atomic E-state index is 0.0132. The van der Waals surface area contributed by atoms with Gasteiger partial charge in [0, 0.05) is 36.3 Å². The van der Waals surface area contributed by atoms with E-state index in [0.717, 1.165) is 29.5 Å². The van der Waals surface area contributed by atoms with Crippen LogP contribution >= 0.6 is 11.6 Å². The quantitative estimate of drug-likeness (QED) is 0.681. The summed E-state index contributed by atoms with van der Waals surface area (Å²) in [4.78, 5) is 19.1. The van der Waals surface area contributed by atoms with E-state index in [4.69, 9.17) is 16.3 Å². The molecule has 5 heteroatoms. The molecule has 4 rings (SSSR count). The van der Waals surface area contributed by atoms with E-state index >= 15 is 0 Å². The molecule has 2 aromatic carbocycles. The zero-order chi connectivity index (χ0) is 17.9. The molecule has 1 amide bonds. The number of para-hydroxylation sites is 1. The molecule has 1 aliphatic heterocycles. The van der Waals surface area contributed by atoms with Gasteiger partial charge in [0.25, 0.3) is 5.91 Å². The van der Waals surface area contributed by atoms with Crippen molar-refractivity contribution in [3.05, 3.63) is 71.4 Å². The fourth-order valence-electron chi connectivity index (χ4n) is 3.23. The first kappa shape index (κ1) is 16.9. The lowest BCUT2D eigenvalue weighted by atomic mass is 10.1. The van der Waals surface area contributed by atoms with Crippen molar-refractivity contribution < 1.29 is 9.53 Å². The van der Waals surface area contributed by atoms with E-state index in [1.807, 2.05) is 59.5 Å². The van der Waals surface area contributed by atoms with Crippen LogP contribution in [0.3, 0.4) is 0 Å². The fraction of sp³-hybridized carbons (Fsp3) is 0.238. The summed E-state index contributed by atoms with van der Waals surface area (Å²) >= 11 is 5.90. The topological polar surface area (TPSA) is 42.4 Å². The van der Waals surface area contributed by atoms with Gasteiger partial charge in [0.2, 0.25) is 0 Å². The van der Waals surface area contributed by atoms with Gasteiger partial charge in [-0.3, -0.25) is 4.79 Å². The molecule has 3 aromatic rings. The lowest BCUT2D eigenvalue weighted by molar-refractivity contribution is 0.0590. The molecule has 1 saturated heterocycles. The molecule has 2 heterocycles. The second-order valence-corrected chi connectivity index (χ2v) is 6.89. The molecule has 132 valence electrons. The molecular formula is C21H19ClN2O2. The van der Waals surface area contributed by atoms with Crippen LogP contribution in [0, 0.1) is 0 Å². The summed E-state index contributed by atoms with van der Waals surface area (Å²) in [5.41, 5.74) is 1.35. The number of ether oxygens (including phenoxy) is 1. The van der Waals surface area contributed by atoms with Gasteiger partial charge in [0.15, 0.2) is 0 Å². The van der Waals surface area contributed by atoms with Crippen LogP contribution in [0.25, 0.3) is 10.9 Å². The van der Waals surface area contributed by atoms with Gasteiger partial charge in [-0.1, -0.05) is 35.9 Å². The molecule has 4 nitrogen and oxygen atoms in total. The second kappa shape index (κ2) is 7.34. The number of halogens is 1. The van der Waals surface area contributed by atoms with Crippen LogP contribution in [-0.2, 0) is 0 Å². The summed E-state index contributed by atoms with van der Waals surface area (Å²) in [6, 6.07) is 19.0. The van der Waals surface area contributed by atoms with Gasteiger partial charge in [0.1, 0.15) is 17.5 Å². The summed E-state index contributed by atoms with van der Waals surface area (Å²) in [6.45, 7) is 1.34. The molecule has 0 atom stereocenters. The lowest BCUT2D eigenvalue weighted by Crippen LogP contribution is -2.42. The van der Waals surface area contributed by atoms with Gasteiger partial charge in [-0.2, -0.15) is 0 Å². The Kier molecular flexibility index (Phi) is 4.76. The molecule has 26 heavy (non-hydrogen) atoms. The van der Waals surface area contributed by atoms with Gasteiger partial charge in [-0.25, -0.2) is 4.98 Å². The Bertz CT molecular complexity index is 919. The maximum Gasteiger partial charge on any atom is 0.272 e. The summed E-state index contributed by atoms with van der Waals surface area (Å²) in [5, 5.41) is 1.74. The van der Waals surface area contributed by atoms with Gasteiger partial charge in [-0.15, -0.1) is 0 Å². The van der Waals surface area contributed by atoms with E-state index in [1.165, 1.54) is 0 Å². The van der Waals surface area contributed by atoms with Gasteiger partial charge < -0.3 is 9.64 Å². The van der Waals surface area contributed by atoms with Crippen molar-refractivity contribution in [1.29, 1.82) is 0 Å². The number of carbonyl (C=O) groups excluding carboxylic acids is 1. The maximum atomic E-state index is 12.8. The molecule has 0 radical (unpaired) electrons. The van der Waals surface area contributed by atoms with E-state index in [0.29, 0.717) is 23.8 Å². The Morgan fingerprint density at radius 1 is 1.00 bits per heavy atom. The SMILES string of the molecule is O=C(c1ccc2ccccc2n1)N1CCC(Oc2ccc(Cl)cc2)CC1. The number of aromatic nitrogens is 1. The van der Waals surface area contributed by atoms with Crippen LogP contribution in [-0.4, -0.2) is 35.0 Å². The van der Waals surface area contributed by atoms with Crippen LogP contribution in [0.1, 0.15) is 23.3 Å². The summed E-state index contributed by atoms with van der Waals surface area (Å²) in [6.07, 6.45) is 1.73. The second-order valence-electron chi connectivity index (χ2n) is 6.45. The summed E-state index contributed by atoms with van der Waals surface area (Å²) < 4.78 is 5.99. The first-order valence-corrected chi connectivity index (χ1v) is 9.14. The third kappa shape index (κ3) is 3.65. The van der Waals surface area contributed by atoms with E-state index in [1.54, 1.807) is 6.07 Å². The van der Waals surface area contributed by atoms with Crippen molar-refractivity contribution in [1.82, 2.24) is 9.88 Å². The predicted molar refractivity (Wildman–Crippen MR) is 103 cm³/mol. The summed E-state index contributed by atoms with van der Waals surface area (Å²) in [7, 11) is 0. The number of likely N-dealkylation sites (tertiary alicyclic amines) is 1. The number of benzene rings is 2. The molecule has 1 aliphatic rings. The number of hydrogen-bond acceptors (Lipinski definition) is 3. The molecule has 0 saturated carbocycles. The highest BCUT2D eigenvalue weighted by Crippen LogP contribution is 2.22. The highest BCUT2D eigenvalue weighted by atomic mass is 35.5. The maximum absolute atomic E-state index is 12.8. The number of pyridine rings is 1.